The van der Waals surface area contributed by atoms with Crippen LogP contribution in [0.2, 0.25) is 0 Å². The quantitative estimate of drug-likeness (QED) is 0.145. The van der Waals surface area contributed by atoms with Crippen LogP contribution >= 0.6 is 0 Å². The fraction of sp³-hybridized carbons (Fsp3) is 0.167. The highest BCUT2D eigenvalue weighted by Gasteiger charge is 2.33. The van der Waals surface area contributed by atoms with Crippen LogP contribution in [0.3, 0.4) is 0 Å². The summed E-state index contributed by atoms with van der Waals surface area (Å²) >= 11 is 0. The summed E-state index contributed by atoms with van der Waals surface area (Å²) in [5.41, 5.74) is 60.0. The van der Waals surface area contributed by atoms with Crippen LogP contribution in [0.15, 0.2) is 401 Å². The van der Waals surface area contributed by atoms with Crippen LogP contribution in [0, 0.1) is 0 Å². The molecule has 12 nitrogen and oxygen atoms in total. The minimum absolute atomic E-state index is 0.941. The van der Waals surface area contributed by atoms with Crippen LogP contribution in [0.25, 0.3) is 0 Å². The molecule has 12 heteroatoms. The summed E-state index contributed by atoms with van der Waals surface area (Å²) in [5, 5.41) is 0. The summed E-state index contributed by atoms with van der Waals surface area (Å²) in [6.07, 6.45) is 25.9. The van der Waals surface area contributed by atoms with E-state index in [4.69, 9.17) is 0 Å². The van der Waals surface area contributed by atoms with Gasteiger partial charge in [0.05, 0.1) is 23.3 Å². The molecule has 11 aliphatic rings. The molecule has 0 radical (unpaired) electrons. The maximum absolute atomic E-state index is 4.43. The molecule has 0 unspecified atom stereocenters. The third-order valence-corrected chi connectivity index (χ3v) is 31.1. The van der Waals surface area contributed by atoms with Crippen LogP contribution in [-0.4, -0.2) is 76.3 Å². The molecule has 0 bridgehead atoms. The molecule has 19 aromatic rings. The Hall–Kier alpha value is -16.7. The Balaban J connectivity index is 0.0000000919. The second-order valence-corrected chi connectivity index (χ2v) is 39.5. The molecule has 706 valence electrons. The number of fused-ring (bicyclic) bond motifs is 24. The maximum Gasteiger partial charge on any atom is 0.136 e. The van der Waals surface area contributed by atoms with Gasteiger partial charge in [-0.05, 0) is 279 Å². The van der Waals surface area contributed by atoms with E-state index in [-0.39, 0.29) is 0 Å². The Labute approximate surface area is 847 Å². The summed E-state index contributed by atoms with van der Waals surface area (Å²) in [6, 6.07) is 131. The molecule has 3 aliphatic carbocycles. The maximum atomic E-state index is 4.43. The lowest BCUT2D eigenvalue weighted by Gasteiger charge is -2.34. The third kappa shape index (κ3) is 17.9. The van der Waals surface area contributed by atoms with E-state index in [0.717, 1.165) is 95.7 Å². The second-order valence-electron chi connectivity index (χ2n) is 39.5. The number of benzene rings is 15. The molecule has 0 amide bonds. The van der Waals surface area contributed by atoms with Gasteiger partial charge < -0.3 is 39.2 Å². The van der Waals surface area contributed by atoms with Crippen molar-refractivity contribution in [3.8, 4) is 0 Å². The summed E-state index contributed by atoms with van der Waals surface area (Å²) < 4.78 is 0. The summed E-state index contributed by atoms with van der Waals surface area (Å²) in [6.45, 7) is 0. The van der Waals surface area contributed by atoms with Gasteiger partial charge in [-0.3, -0.25) is 15.0 Å². The van der Waals surface area contributed by atoms with Gasteiger partial charge in [0.15, 0.2) is 0 Å². The van der Waals surface area contributed by atoms with E-state index in [1.807, 2.05) is 49.3 Å². The normalized spacial score (nSPS) is 13.9. The van der Waals surface area contributed by atoms with E-state index in [1.54, 1.807) is 5.56 Å². The minimum atomic E-state index is 0.941. The van der Waals surface area contributed by atoms with Crippen molar-refractivity contribution in [2.24, 2.45) is 0 Å². The Morgan fingerprint density at radius 2 is 0.444 bits per heavy atom. The number of aromatic nitrogens is 4. The van der Waals surface area contributed by atoms with Gasteiger partial charge in [0.25, 0.3) is 0 Å². The smallest absolute Gasteiger partial charge is 0.136 e. The molecule has 0 spiro atoms. The lowest BCUT2D eigenvalue weighted by atomic mass is 9.80. The van der Waals surface area contributed by atoms with E-state index >= 15 is 0 Å². The zero-order valence-electron chi connectivity index (χ0n) is 83.4. The van der Waals surface area contributed by atoms with Gasteiger partial charge >= 0.3 is 0 Å². The average molecular weight is 1870 g/mol. The SMILES string of the molecule is CN1c2ccccc2Cc2c1ccc1c2Cc2ccccc2C1.CN1c2ccccc2Cc2cc3c(cc21)Cc1ccccc1C3.CN1c2ccccc2Cc2ccc3c(c21)Cc1ccccc1C3.CN1c2ccccc2Cc2ccccc21.CN1c2ccccc2Cc2cccnc21.CN1c2ccccc2Cc2ccncc21.CN1c2ccccc2Cc2cnccc21.CN1c2ccccc2Cc2ncccc21. The highest BCUT2D eigenvalue weighted by molar-refractivity contribution is 5.83. The van der Waals surface area contributed by atoms with Crippen molar-refractivity contribution in [1.29, 1.82) is 0 Å². The fourth-order valence-electron chi connectivity index (χ4n) is 23.7. The van der Waals surface area contributed by atoms with Crippen molar-refractivity contribution in [3.05, 3.63) is 557 Å². The number of rotatable bonds is 0. The van der Waals surface area contributed by atoms with Crippen molar-refractivity contribution >= 4 is 91.1 Å². The van der Waals surface area contributed by atoms with Crippen LogP contribution in [0.1, 0.15) is 156 Å². The Morgan fingerprint density at radius 3 is 0.951 bits per heavy atom. The van der Waals surface area contributed by atoms with Gasteiger partial charge in [0.2, 0.25) is 0 Å². The number of hydrogen-bond donors (Lipinski definition) is 0. The van der Waals surface area contributed by atoms with E-state index in [9.17, 15) is 0 Å². The van der Waals surface area contributed by atoms with Crippen molar-refractivity contribution in [3.63, 3.8) is 0 Å². The van der Waals surface area contributed by atoms with Crippen molar-refractivity contribution in [2.45, 2.75) is 89.9 Å². The zero-order valence-corrected chi connectivity index (χ0v) is 83.4. The Morgan fingerprint density at radius 1 is 0.153 bits per heavy atom. The molecule has 8 aliphatic heterocycles. The van der Waals surface area contributed by atoms with Gasteiger partial charge in [0, 0.05) is 219 Å². The molecule has 0 saturated carbocycles. The fourth-order valence-corrected chi connectivity index (χ4v) is 23.7. The molecule has 0 fully saturated rings. The minimum Gasteiger partial charge on any atom is -0.344 e. The lowest BCUT2D eigenvalue weighted by Crippen LogP contribution is -2.22. The van der Waals surface area contributed by atoms with E-state index in [1.165, 1.54) is 236 Å². The topological polar surface area (TPSA) is 77.5 Å². The van der Waals surface area contributed by atoms with Gasteiger partial charge in [-0.1, -0.05) is 267 Å². The van der Waals surface area contributed by atoms with E-state index in [0.29, 0.717) is 0 Å². The molecule has 0 atom stereocenters. The summed E-state index contributed by atoms with van der Waals surface area (Å²) in [7, 11) is 17.1. The highest BCUT2D eigenvalue weighted by Crippen LogP contribution is 2.49. The summed E-state index contributed by atoms with van der Waals surface area (Å²) in [4.78, 5) is 35.4. The molecule has 0 N–H and O–H groups in total. The highest BCUT2D eigenvalue weighted by atomic mass is 15.2. The van der Waals surface area contributed by atoms with Gasteiger partial charge in [0.1, 0.15) is 5.82 Å². The largest absolute Gasteiger partial charge is 0.344 e. The second kappa shape index (κ2) is 39.8. The van der Waals surface area contributed by atoms with Crippen LogP contribution in [0.4, 0.5) is 91.1 Å². The van der Waals surface area contributed by atoms with Crippen LogP contribution in [0.5, 0.6) is 0 Å². The first-order valence-corrected chi connectivity index (χ1v) is 50.7. The zero-order chi connectivity index (χ0) is 97.4. The first kappa shape index (κ1) is 91.1. The number of hydrogen-bond acceptors (Lipinski definition) is 12. The molecule has 30 rings (SSSR count). The van der Waals surface area contributed by atoms with E-state index < -0.39 is 0 Å². The average Bonchev–Trinajstić information content (AvgIpc) is 0.746. The van der Waals surface area contributed by atoms with Crippen molar-refractivity contribution in [2.75, 3.05) is 95.6 Å². The lowest BCUT2D eigenvalue weighted by molar-refractivity contribution is 0.946. The van der Waals surface area contributed by atoms with Crippen LogP contribution < -0.4 is 39.2 Å². The van der Waals surface area contributed by atoms with Crippen molar-refractivity contribution < 1.29 is 0 Å². The molecule has 15 aromatic carbocycles. The monoisotopic (exact) mass is 1870 g/mol. The number of anilines is 16. The number of para-hydroxylation sites is 9. The predicted octanol–water partition coefficient (Wildman–Crippen LogP) is 28.9. The van der Waals surface area contributed by atoms with Gasteiger partial charge in [-0.25, -0.2) is 4.98 Å². The third-order valence-electron chi connectivity index (χ3n) is 31.1. The van der Waals surface area contributed by atoms with E-state index in [2.05, 4.69) is 467 Å². The standard InChI is InChI=1S/3C22H19N.C14H13N.4C13H12N2/c1-23-21-9-5-4-8-17(21)12-20-13-18-10-15-6-2-3-7-16(15)11-19(18)14-22(20)23;1-23-21-9-5-4-8-18(21)13-19-11-10-17-12-15-6-2-3-7-16(15)14-20(17)22(19)23;1-23-21-9-5-4-8-18(21)14-20-19-13-16-7-3-2-6-15(16)12-17(19)10-11-22(20)23;1-15-13-8-4-2-6-11(13)10-12-7-3-5-9-14(12)15;1-15-12-7-3-2-5-10(12)9-11-6-4-8-14-13(11)15;1-15-12-6-3-2-5-10(12)9-11-13(15)7-4-8-14-11;1-15-12-5-3-2-4-10(12)8-11-9-14-7-6-13(11)15;1-15-12-5-3-2-4-10(12)8-11-6-7-14-9-13(11)15/h2-9,13-14H,10-12H2,1H3;2*2-11H,12-14H2,1H3;2-9H,10H2,1H3;2*2-8H,9H2,1H3;2*2-7,9H,8H2,1H3. The molecular formula is C132H118N12. The number of nitrogens with zero attached hydrogens (tertiary/aromatic N) is 12. The molecule has 0 saturated heterocycles. The molecule has 4 aromatic heterocycles. The first-order chi connectivity index (χ1) is 70.7. The van der Waals surface area contributed by atoms with Crippen molar-refractivity contribution in [1.82, 2.24) is 19.9 Å². The van der Waals surface area contributed by atoms with Gasteiger partial charge in [-0.15, -0.1) is 0 Å². The number of pyridine rings is 4. The summed E-state index contributed by atoms with van der Waals surface area (Å²) in [5.74, 6) is 1.08. The molecule has 144 heavy (non-hydrogen) atoms. The van der Waals surface area contributed by atoms with Gasteiger partial charge in [-0.2, -0.15) is 0 Å². The first-order valence-electron chi connectivity index (χ1n) is 50.7. The molecular weight excluding hydrogens is 1750 g/mol. The molecule has 12 heterocycles. The predicted molar refractivity (Wildman–Crippen MR) is 597 cm³/mol. The van der Waals surface area contributed by atoms with Crippen LogP contribution in [-0.2, 0) is 89.9 Å². The Bertz CT molecular complexity index is 7240. The Kier molecular flexibility index (Phi) is 25.2.